The van der Waals surface area contributed by atoms with E-state index in [1.54, 1.807) is 18.9 Å². The summed E-state index contributed by atoms with van der Waals surface area (Å²) in [6, 6.07) is 4.55. The van der Waals surface area contributed by atoms with Crippen LogP contribution in [0.4, 0.5) is 5.69 Å². The van der Waals surface area contributed by atoms with Gasteiger partial charge in [0.05, 0.1) is 11.3 Å². The minimum Gasteiger partial charge on any atom is -0.479 e. The summed E-state index contributed by atoms with van der Waals surface area (Å²) >= 11 is 0. The Morgan fingerprint density at radius 1 is 1.27 bits per heavy atom. The van der Waals surface area contributed by atoms with Crippen LogP contribution < -0.4 is 9.64 Å². The summed E-state index contributed by atoms with van der Waals surface area (Å²) in [7, 11) is 1.79. The summed E-state index contributed by atoms with van der Waals surface area (Å²) in [6.45, 7) is 1.53. The molecule has 2 amide bonds. The number of anilines is 1. The summed E-state index contributed by atoms with van der Waals surface area (Å²) in [5.74, 6) is -1.18. The molecule has 0 bridgehead atoms. The Balaban J connectivity index is 1.81. The van der Waals surface area contributed by atoms with Gasteiger partial charge in [-0.3, -0.25) is 14.5 Å². The third kappa shape index (κ3) is 3.52. The van der Waals surface area contributed by atoms with E-state index in [2.05, 4.69) is 0 Å². The van der Waals surface area contributed by atoms with Crippen LogP contribution in [0.1, 0.15) is 49.4 Å². The molecule has 26 heavy (non-hydrogen) atoms. The number of hydrogen-bond donors (Lipinski definition) is 1. The molecule has 140 valence electrons. The van der Waals surface area contributed by atoms with E-state index in [0.29, 0.717) is 11.4 Å². The summed E-state index contributed by atoms with van der Waals surface area (Å²) < 4.78 is 5.54. The lowest BCUT2D eigenvalue weighted by atomic mass is 9.94. The number of fused-ring (bicyclic) bond motifs is 1. The summed E-state index contributed by atoms with van der Waals surface area (Å²) in [4.78, 5) is 39.6. The first-order chi connectivity index (χ1) is 12.4. The van der Waals surface area contributed by atoms with E-state index in [9.17, 15) is 14.4 Å². The lowest BCUT2D eigenvalue weighted by Crippen LogP contribution is -2.50. The highest BCUT2D eigenvalue weighted by molar-refractivity contribution is 6.04. The van der Waals surface area contributed by atoms with Crippen molar-refractivity contribution in [3.63, 3.8) is 0 Å². The predicted octanol–water partition coefficient (Wildman–Crippen LogP) is 2.29. The zero-order chi connectivity index (χ0) is 18.8. The molecule has 1 fully saturated rings. The van der Waals surface area contributed by atoms with Crippen LogP contribution in [0.2, 0.25) is 0 Å². The molecule has 2 aliphatic rings. The zero-order valence-corrected chi connectivity index (χ0v) is 15.1. The number of nitrogens with zero attached hydrogens (tertiary/aromatic N) is 2. The van der Waals surface area contributed by atoms with E-state index in [1.807, 2.05) is 0 Å². The molecule has 1 atom stereocenters. The maximum absolute atomic E-state index is 12.7. The van der Waals surface area contributed by atoms with Crippen LogP contribution in [0, 0.1) is 0 Å². The van der Waals surface area contributed by atoms with Crippen molar-refractivity contribution < 1.29 is 24.2 Å². The molecule has 1 heterocycles. The van der Waals surface area contributed by atoms with Crippen molar-refractivity contribution in [3.8, 4) is 5.75 Å². The van der Waals surface area contributed by atoms with E-state index in [4.69, 9.17) is 9.84 Å². The fraction of sp³-hybridized carbons (Fsp3) is 0.526. The Morgan fingerprint density at radius 2 is 1.96 bits per heavy atom. The largest absolute Gasteiger partial charge is 0.479 e. The van der Waals surface area contributed by atoms with Crippen LogP contribution in [0.15, 0.2) is 18.2 Å². The van der Waals surface area contributed by atoms with Crippen molar-refractivity contribution in [2.75, 3.05) is 18.5 Å². The van der Waals surface area contributed by atoms with Crippen molar-refractivity contribution >= 4 is 23.5 Å². The molecule has 1 unspecified atom stereocenters. The van der Waals surface area contributed by atoms with Crippen molar-refractivity contribution in [2.24, 2.45) is 0 Å². The van der Waals surface area contributed by atoms with E-state index in [0.717, 1.165) is 25.7 Å². The van der Waals surface area contributed by atoms with Crippen LogP contribution in [0.5, 0.6) is 5.75 Å². The SMILES string of the molecule is CC1Oc2cc(C(=O)O)ccc2N(CC(=O)N(C)C2CCCCC2)C1=O. The van der Waals surface area contributed by atoms with Gasteiger partial charge in [0.25, 0.3) is 5.91 Å². The first-order valence-electron chi connectivity index (χ1n) is 8.99. The molecule has 7 nitrogen and oxygen atoms in total. The van der Waals surface area contributed by atoms with Crippen molar-refractivity contribution in [2.45, 2.75) is 51.2 Å². The van der Waals surface area contributed by atoms with E-state index < -0.39 is 12.1 Å². The third-order valence-electron chi connectivity index (χ3n) is 5.22. The minimum atomic E-state index is -1.07. The van der Waals surface area contributed by atoms with Gasteiger partial charge in [-0.1, -0.05) is 19.3 Å². The molecule has 0 spiro atoms. The molecule has 0 saturated heterocycles. The lowest BCUT2D eigenvalue weighted by molar-refractivity contribution is -0.134. The molecular formula is C19H24N2O5. The van der Waals surface area contributed by atoms with Crippen molar-refractivity contribution in [3.05, 3.63) is 23.8 Å². The van der Waals surface area contributed by atoms with Gasteiger partial charge in [-0.2, -0.15) is 0 Å². The van der Waals surface area contributed by atoms with Gasteiger partial charge in [0.15, 0.2) is 6.10 Å². The van der Waals surface area contributed by atoms with Gasteiger partial charge < -0.3 is 14.7 Å². The van der Waals surface area contributed by atoms with Crippen LogP contribution in [-0.4, -0.2) is 53.5 Å². The van der Waals surface area contributed by atoms with E-state index >= 15 is 0 Å². The Hall–Kier alpha value is -2.57. The number of hydrogen-bond acceptors (Lipinski definition) is 4. The van der Waals surface area contributed by atoms with Gasteiger partial charge in [0, 0.05) is 13.1 Å². The number of amides is 2. The first kappa shape index (κ1) is 18.2. The van der Waals surface area contributed by atoms with Crippen LogP contribution in [0.25, 0.3) is 0 Å². The molecular weight excluding hydrogens is 336 g/mol. The maximum atomic E-state index is 12.7. The highest BCUT2D eigenvalue weighted by atomic mass is 16.5. The fourth-order valence-corrected chi connectivity index (χ4v) is 3.63. The molecule has 1 aliphatic carbocycles. The summed E-state index contributed by atoms with van der Waals surface area (Å²) in [5.41, 5.74) is 0.513. The average molecular weight is 360 g/mol. The molecule has 1 aliphatic heterocycles. The Labute approximate surface area is 152 Å². The fourth-order valence-electron chi connectivity index (χ4n) is 3.63. The predicted molar refractivity (Wildman–Crippen MR) is 95.5 cm³/mol. The quantitative estimate of drug-likeness (QED) is 0.890. The molecule has 0 aromatic heterocycles. The Kier molecular flexibility index (Phi) is 5.15. The van der Waals surface area contributed by atoms with Crippen molar-refractivity contribution in [1.82, 2.24) is 4.90 Å². The molecule has 1 aromatic carbocycles. The van der Waals surface area contributed by atoms with Crippen molar-refractivity contribution in [1.29, 1.82) is 0 Å². The minimum absolute atomic E-state index is 0.0705. The van der Waals surface area contributed by atoms with Gasteiger partial charge >= 0.3 is 5.97 Å². The second-order valence-electron chi connectivity index (χ2n) is 6.97. The number of rotatable bonds is 4. The standard InChI is InChI=1S/C19H24N2O5/c1-12-18(23)21(11-17(22)20(2)14-6-4-3-5-7-14)15-9-8-13(19(24)25)10-16(15)26-12/h8-10,12,14H,3-7,11H2,1-2H3,(H,24,25). The molecule has 1 N–H and O–H groups in total. The number of aromatic carboxylic acids is 1. The van der Waals surface area contributed by atoms with Gasteiger partial charge in [0.1, 0.15) is 12.3 Å². The Bertz CT molecular complexity index is 727. The van der Waals surface area contributed by atoms with Crippen LogP contribution >= 0.6 is 0 Å². The number of carboxylic acid groups (broad SMARTS) is 1. The molecule has 1 aromatic rings. The van der Waals surface area contributed by atoms with E-state index in [-0.39, 0.29) is 30.0 Å². The van der Waals surface area contributed by atoms with Crippen LogP contribution in [0.3, 0.4) is 0 Å². The number of carbonyl (C=O) groups excluding carboxylic acids is 2. The molecule has 0 radical (unpaired) electrons. The number of carboxylic acids is 1. The normalized spacial score (nSPS) is 20.3. The second-order valence-corrected chi connectivity index (χ2v) is 6.97. The Morgan fingerprint density at radius 3 is 2.62 bits per heavy atom. The first-order valence-corrected chi connectivity index (χ1v) is 8.99. The second kappa shape index (κ2) is 7.35. The monoisotopic (exact) mass is 360 g/mol. The highest BCUT2D eigenvalue weighted by Gasteiger charge is 2.34. The lowest BCUT2D eigenvalue weighted by Gasteiger charge is -2.36. The third-order valence-corrected chi connectivity index (χ3v) is 5.22. The topological polar surface area (TPSA) is 87.2 Å². The summed E-state index contributed by atoms with van der Waals surface area (Å²) in [5, 5.41) is 9.14. The summed E-state index contributed by atoms with van der Waals surface area (Å²) in [6.07, 6.45) is 4.67. The smallest absolute Gasteiger partial charge is 0.335 e. The molecule has 7 heteroatoms. The zero-order valence-electron chi connectivity index (χ0n) is 15.1. The van der Waals surface area contributed by atoms with Gasteiger partial charge in [-0.15, -0.1) is 0 Å². The number of carbonyl (C=O) groups is 3. The van der Waals surface area contributed by atoms with Gasteiger partial charge in [-0.25, -0.2) is 4.79 Å². The number of benzene rings is 1. The van der Waals surface area contributed by atoms with E-state index in [1.165, 1.54) is 29.5 Å². The number of ether oxygens (including phenoxy) is 1. The average Bonchev–Trinajstić information content (AvgIpc) is 2.64. The number of likely N-dealkylation sites (N-methyl/N-ethyl adjacent to an activating group) is 1. The van der Waals surface area contributed by atoms with Gasteiger partial charge in [-0.05, 0) is 38.0 Å². The van der Waals surface area contributed by atoms with Gasteiger partial charge in [0.2, 0.25) is 5.91 Å². The molecule has 3 rings (SSSR count). The van der Waals surface area contributed by atoms with Crippen LogP contribution in [-0.2, 0) is 9.59 Å². The molecule has 1 saturated carbocycles. The maximum Gasteiger partial charge on any atom is 0.335 e. The highest BCUT2D eigenvalue weighted by Crippen LogP contribution is 2.35.